The van der Waals surface area contributed by atoms with Gasteiger partial charge in [0.15, 0.2) is 0 Å². The summed E-state index contributed by atoms with van der Waals surface area (Å²) in [6, 6.07) is 3.93. The van der Waals surface area contributed by atoms with Crippen molar-refractivity contribution in [3.8, 4) is 0 Å². The van der Waals surface area contributed by atoms with E-state index in [0.29, 0.717) is 12.5 Å². The first-order valence-corrected chi connectivity index (χ1v) is 9.05. The van der Waals surface area contributed by atoms with E-state index in [-0.39, 0.29) is 5.41 Å². The van der Waals surface area contributed by atoms with Crippen molar-refractivity contribution in [2.45, 2.75) is 46.1 Å². The Balaban J connectivity index is 2.12. The number of thiophene rings is 1. The largest absolute Gasteiger partial charge is 0.337 e. The van der Waals surface area contributed by atoms with Crippen LogP contribution in [-0.4, -0.2) is 30.4 Å². The predicted molar refractivity (Wildman–Crippen MR) is 89.9 cm³/mol. The van der Waals surface area contributed by atoms with Gasteiger partial charge in [0, 0.05) is 11.4 Å². The van der Waals surface area contributed by atoms with Gasteiger partial charge in [0.25, 0.3) is 0 Å². The fraction of sp³-hybridized carbons (Fsp3) is 0.688. The molecule has 1 amide bonds. The molecule has 0 aliphatic carbocycles. The van der Waals surface area contributed by atoms with Crippen LogP contribution in [0.15, 0.2) is 12.1 Å². The number of hydrogen-bond donors (Lipinski definition) is 1. The third kappa shape index (κ3) is 3.99. The van der Waals surface area contributed by atoms with Gasteiger partial charge in [-0.15, -0.1) is 11.3 Å². The number of carbonyl (C=O) groups is 1. The van der Waals surface area contributed by atoms with Gasteiger partial charge in [0.1, 0.15) is 0 Å². The Labute approximate surface area is 136 Å². The van der Waals surface area contributed by atoms with E-state index in [9.17, 15) is 4.79 Å². The van der Waals surface area contributed by atoms with Gasteiger partial charge >= 0.3 is 0 Å². The van der Waals surface area contributed by atoms with Crippen molar-refractivity contribution >= 4 is 28.8 Å². The molecule has 118 valence electrons. The lowest BCUT2D eigenvalue weighted by Crippen LogP contribution is -2.49. The summed E-state index contributed by atoms with van der Waals surface area (Å²) in [5.41, 5.74) is -0.156. The molecule has 0 spiro atoms. The highest BCUT2D eigenvalue weighted by Gasteiger charge is 2.40. The highest BCUT2D eigenvalue weighted by atomic mass is 35.5. The fourth-order valence-electron chi connectivity index (χ4n) is 3.24. The zero-order chi connectivity index (χ0) is 15.3. The Morgan fingerprint density at radius 2 is 2.10 bits per heavy atom. The first kappa shape index (κ1) is 16.8. The third-order valence-electron chi connectivity index (χ3n) is 4.39. The van der Waals surface area contributed by atoms with Gasteiger partial charge in [-0.3, -0.25) is 4.79 Å². The Hall–Kier alpha value is -0.580. The minimum Gasteiger partial charge on any atom is -0.337 e. The highest BCUT2D eigenvalue weighted by molar-refractivity contribution is 7.16. The molecule has 1 aliphatic heterocycles. The summed E-state index contributed by atoms with van der Waals surface area (Å²) in [7, 11) is 0. The Kier molecular flexibility index (Phi) is 6.08. The standard InChI is InChI=1S/C16H25ClN2OS/c1-3-7-16(8-10-18-11-9-16)15(20)19(4-2)12-13-5-6-14(17)21-13/h5-6,18H,3-4,7-12H2,1-2H3. The van der Waals surface area contributed by atoms with Crippen LogP contribution in [0, 0.1) is 5.41 Å². The molecule has 1 aromatic rings. The van der Waals surface area contributed by atoms with E-state index >= 15 is 0 Å². The van der Waals surface area contributed by atoms with Crippen LogP contribution in [0.4, 0.5) is 0 Å². The smallest absolute Gasteiger partial charge is 0.229 e. The van der Waals surface area contributed by atoms with Gasteiger partial charge < -0.3 is 10.2 Å². The summed E-state index contributed by atoms with van der Waals surface area (Å²) in [5, 5.41) is 3.38. The number of amides is 1. The zero-order valence-electron chi connectivity index (χ0n) is 13.0. The van der Waals surface area contributed by atoms with Gasteiger partial charge in [-0.2, -0.15) is 0 Å². The van der Waals surface area contributed by atoms with E-state index < -0.39 is 0 Å². The topological polar surface area (TPSA) is 32.3 Å². The normalized spacial score (nSPS) is 17.7. The van der Waals surface area contributed by atoms with E-state index in [1.807, 2.05) is 17.0 Å². The first-order chi connectivity index (χ1) is 10.1. The molecule has 1 fully saturated rings. The summed E-state index contributed by atoms with van der Waals surface area (Å²) >= 11 is 7.57. The van der Waals surface area contributed by atoms with Crippen molar-refractivity contribution in [1.29, 1.82) is 0 Å². The van der Waals surface area contributed by atoms with Crippen LogP contribution < -0.4 is 5.32 Å². The van der Waals surface area contributed by atoms with Crippen LogP contribution >= 0.6 is 22.9 Å². The van der Waals surface area contributed by atoms with Crippen LogP contribution in [0.25, 0.3) is 0 Å². The van der Waals surface area contributed by atoms with Crippen molar-refractivity contribution in [2.75, 3.05) is 19.6 Å². The minimum absolute atomic E-state index is 0.156. The molecule has 0 unspecified atom stereocenters. The molecule has 1 aliphatic rings. The van der Waals surface area contributed by atoms with Crippen LogP contribution in [0.1, 0.15) is 44.4 Å². The number of nitrogens with one attached hydrogen (secondary N) is 1. The van der Waals surface area contributed by atoms with E-state index in [4.69, 9.17) is 11.6 Å². The first-order valence-electron chi connectivity index (χ1n) is 7.85. The van der Waals surface area contributed by atoms with Crippen molar-refractivity contribution < 1.29 is 4.79 Å². The van der Waals surface area contributed by atoms with E-state index in [2.05, 4.69) is 19.2 Å². The lowest BCUT2D eigenvalue weighted by molar-refractivity contribution is -0.144. The molecular formula is C16H25ClN2OS. The molecule has 3 nitrogen and oxygen atoms in total. The van der Waals surface area contributed by atoms with Crippen LogP contribution in [-0.2, 0) is 11.3 Å². The molecule has 0 radical (unpaired) electrons. The maximum absolute atomic E-state index is 13.1. The summed E-state index contributed by atoms with van der Waals surface area (Å²) < 4.78 is 0.790. The van der Waals surface area contributed by atoms with Crippen LogP contribution in [0.5, 0.6) is 0 Å². The van der Waals surface area contributed by atoms with Gasteiger partial charge in [-0.25, -0.2) is 0 Å². The van der Waals surface area contributed by atoms with E-state index in [1.165, 1.54) is 0 Å². The monoisotopic (exact) mass is 328 g/mol. The molecular weight excluding hydrogens is 304 g/mol. The third-order valence-corrected chi connectivity index (χ3v) is 5.60. The molecule has 1 aromatic heterocycles. The molecule has 1 saturated heterocycles. The van der Waals surface area contributed by atoms with Crippen molar-refractivity contribution in [1.82, 2.24) is 10.2 Å². The number of halogens is 1. The molecule has 21 heavy (non-hydrogen) atoms. The van der Waals surface area contributed by atoms with Gasteiger partial charge in [-0.05, 0) is 51.4 Å². The van der Waals surface area contributed by atoms with Crippen molar-refractivity contribution in [2.24, 2.45) is 5.41 Å². The molecule has 1 N–H and O–H groups in total. The average Bonchev–Trinajstić information content (AvgIpc) is 2.90. The summed E-state index contributed by atoms with van der Waals surface area (Å²) in [5.74, 6) is 0.331. The van der Waals surface area contributed by atoms with Gasteiger partial charge in [0.05, 0.1) is 16.3 Å². The molecule has 5 heteroatoms. The minimum atomic E-state index is -0.156. The second-order valence-electron chi connectivity index (χ2n) is 5.81. The molecule has 0 atom stereocenters. The number of rotatable bonds is 6. The predicted octanol–water partition coefficient (Wildman–Crippen LogP) is 3.92. The van der Waals surface area contributed by atoms with Gasteiger partial charge in [0.2, 0.25) is 5.91 Å². The van der Waals surface area contributed by atoms with Crippen molar-refractivity contribution in [3.63, 3.8) is 0 Å². The highest BCUT2D eigenvalue weighted by Crippen LogP contribution is 2.37. The Morgan fingerprint density at radius 1 is 1.38 bits per heavy atom. The Bertz CT molecular complexity index is 463. The summed E-state index contributed by atoms with van der Waals surface area (Å²) in [6.07, 6.45) is 3.98. The number of carbonyl (C=O) groups excluding carboxylic acids is 1. The maximum Gasteiger partial charge on any atom is 0.229 e. The molecule has 0 bridgehead atoms. The lowest BCUT2D eigenvalue weighted by atomic mass is 9.74. The molecule has 0 saturated carbocycles. The van der Waals surface area contributed by atoms with Crippen LogP contribution in [0.3, 0.4) is 0 Å². The molecule has 0 aromatic carbocycles. The van der Waals surface area contributed by atoms with E-state index in [0.717, 1.165) is 54.5 Å². The number of hydrogen-bond acceptors (Lipinski definition) is 3. The van der Waals surface area contributed by atoms with E-state index in [1.54, 1.807) is 11.3 Å². The second-order valence-corrected chi connectivity index (χ2v) is 7.61. The lowest BCUT2D eigenvalue weighted by Gasteiger charge is -2.39. The quantitative estimate of drug-likeness (QED) is 0.858. The Morgan fingerprint density at radius 3 is 2.62 bits per heavy atom. The zero-order valence-corrected chi connectivity index (χ0v) is 14.5. The summed E-state index contributed by atoms with van der Waals surface area (Å²) in [6.45, 7) is 7.58. The molecule has 2 heterocycles. The van der Waals surface area contributed by atoms with Crippen molar-refractivity contribution in [3.05, 3.63) is 21.3 Å². The maximum atomic E-state index is 13.1. The second kappa shape index (κ2) is 7.61. The van der Waals surface area contributed by atoms with Gasteiger partial charge in [-0.1, -0.05) is 24.9 Å². The molecule has 2 rings (SSSR count). The number of nitrogens with zero attached hydrogens (tertiary/aromatic N) is 1. The number of piperidine rings is 1. The fourth-order valence-corrected chi connectivity index (χ4v) is 4.35. The van der Waals surface area contributed by atoms with Crippen LogP contribution in [0.2, 0.25) is 4.34 Å². The average molecular weight is 329 g/mol. The summed E-state index contributed by atoms with van der Waals surface area (Å²) in [4.78, 5) is 16.3. The SMILES string of the molecule is CCCC1(C(=O)N(CC)Cc2ccc(Cl)s2)CCNCC1.